The summed E-state index contributed by atoms with van der Waals surface area (Å²) < 4.78 is 0. The van der Waals surface area contributed by atoms with Crippen molar-refractivity contribution in [2.45, 2.75) is 53.4 Å². The number of piperidine rings is 2. The minimum absolute atomic E-state index is 0.128. The molecule has 0 spiro atoms. The van der Waals surface area contributed by atoms with Crippen molar-refractivity contribution in [2.24, 2.45) is 17.3 Å². The molecule has 2 fully saturated rings. The summed E-state index contributed by atoms with van der Waals surface area (Å²) in [5.74, 6) is 3.39. The Bertz CT molecular complexity index is 642. The number of hydrogen-bond acceptors (Lipinski definition) is 5. The third kappa shape index (κ3) is 5.33. The molecule has 2 saturated heterocycles. The number of aromatic nitrogens is 2. The largest absolute Gasteiger partial charge is 0.356 e. The normalized spacial score (nSPS) is 24.0. The Kier molecular flexibility index (Phi) is 6.22. The Hall–Kier alpha value is -1.85. The van der Waals surface area contributed by atoms with Crippen molar-refractivity contribution in [1.82, 2.24) is 15.3 Å². The van der Waals surface area contributed by atoms with Crippen molar-refractivity contribution >= 4 is 17.5 Å². The second-order valence-electron chi connectivity index (χ2n) is 9.34. The number of hydrogen-bond donors (Lipinski definition) is 1. The minimum atomic E-state index is -0.332. The number of rotatable bonds is 4. The summed E-state index contributed by atoms with van der Waals surface area (Å²) in [6, 6.07) is 2.15. The molecule has 2 unspecified atom stereocenters. The van der Waals surface area contributed by atoms with E-state index in [1.54, 1.807) is 6.33 Å². The summed E-state index contributed by atoms with van der Waals surface area (Å²) in [6.45, 7) is 13.1. The standard InChI is InChI=1S/C21H35N5O/c1-16-7-5-9-25(13-16)18-11-19(24-15-23-18)26-10-6-8-17(14-26)12-22-20(27)21(2,3)4/h11,15-17H,5-10,12-14H2,1-4H3,(H,22,27). The highest BCUT2D eigenvalue weighted by Gasteiger charge is 2.26. The highest BCUT2D eigenvalue weighted by molar-refractivity contribution is 5.81. The second kappa shape index (κ2) is 8.44. The van der Waals surface area contributed by atoms with E-state index in [-0.39, 0.29) is 11.3 Å². The van der Waals surface area contributed by atoms with Crippen LogP contribution in [0.5, 0.6) is 0 Å². The maximum absolute atomic E-state index is 12.2. The first kappa shape index (κ1) is 19.9. The van der Waals surface area contributed by atoms with E-state index in [0.29, 0.717) is 5.92 Å². The van der Waals surface area contributed by atoms with Crippen molar-refractivity contribution in [2.75, 3.05) is 42.5 Å². The molecule has 2 aliphatic rings. The van der Waals surface area contributed by atoms with Crippen molar-refractivity contribution in [3.63, 3.8) is 0 Å². The molecule has 1 aromatic rings. The van der Waals surface area contributed by atoms with Crippen molar-refractivity contribution in [1.29, 1.82) is 0 Å². The smallest absolute Gasteiger partial charge is 0.225 e. The van der Waals surface area contributed by atoms with Crippen LogP contribution in [0.1, 0.15) is 53.4 Å². The second-order valence-corrected chi connectivity index (χ2v) is 9.34. The third-order valence-corrected chi connectivity index (χ3v) is 5.69. The topological polar surface area (TPSA) is 61.4 Å². The molecule has 0 saturated carbocycles. The van der Waals surface area contributed by atoms with E-state index in [9.17, 15) is 4.79 Å². The number of nitrogens with zero attached hydrogens (tertiary/aromatic N) is 4. The molecular formula is C21H35N5O. The van der Waals surface area contributed by atoms with Crippen LogP contribution in [-0.2, 0) is 4.79 Å². The van der Waals surface area contributed by atoms with Gasteiger partial charge < -0.3 is 15.1 Å². The lowest BCUT2D eigenvalue weighted by Gasteiger charge is -2.35. The molecule has 1 N–H and O–H groups in total. The quantitative estimate of drug-likeness (QED) is 0.879. The van der Waals surface area contributed by atoms with Gasteiger partial charge in [0.25, 0.3) is 0 Å². The molecule has 6 heteroatoms. The van der Waals surface area contributed by atoms with Gasteiger partial charge in [-0.05, 0) is 37.5 Å². The predicted molar refractivity (Wildman–Crippen MR) is 110 cm³/mol. The van der Waals surface area contributed by atoms with E-state index in [0.717, 1.165) is 63.1 Å². The molecule has 1 aromatic heterocycles. The van der Waals surface area contributed by atoms with Crippen LogP contribution >= 0.6 is 0 Å². The van der Waals surface area contributed by atoms with E-state index in [1.807, 2.05) is 20.8 Å². The maximum atomic E-state index is 12.2. The molecule has 0 aliphatic carbocycles. The van der Waals surface area contributed by atoms with Gasteiger partial charge in [-0.25, -0.2) is 9.97 Å². The zero-order valence-electron chi connectivity index (χ0n) is 17.4. The summed E-state index contributed by atoms with van der Waals surface area (Å²) in [5.41, 5.74) is -0.332. The van der Waals surface area contributed by atoms with Crippen LogP contribution in [0.4, 0.5) is 11.6 Å². The number of carbonyl (C=O) groups excluding carboxylic acids is 1. The fourth-order valence-corrected chi connectivity index (χ4v) is 4.02. The molecule has 27 heavy (non-hydrogen) atoms. The van der Waals surface area contributed by atoms with Crippen molar-refractivity contribution < 1.29 is 4.79 Å². The lowest BCUT2D eigenvalue weighted by molar-refractivity contribution is -0.128. The Morgan fingerprint density at radius 3 is 2.37 bits per heavy atom. The molecule has 3 rings (SSSR count). The van der Waals surface area contributed by atoms with Crippen LogP contribution < -0.4 is 15.1 Å². The Labute approximate surface area is 163 Å². The van der Waals surface area contributed by atoms with E-state index in [4.69, 9.17) is 0 Å². The number of anilines is 2. The summed E-state index contributed by atoms with van der Waals surface area (Å²) in [7, 11) is 0. The molecule has 3 heterocycles. The van der Waals surface area contributed by atoms with E-state index in [1.165, 1.54) is 12.8 Å². The van der Waals surface area contributed by atoms with Gasteiger partial charge in [-0.3, -0.25) is 4.79 Å². The van der Waals surface area contributed by atoms with Crippen molar-refractivity contribution in [3.8, 4) is 0 Å². The third-order valence-electron chi connectivity index (χ3n) is 5.69. The first-order chi connectivity index (χ1) is 12.8. The predicted octanol–water partition coefficient (Wildman–Crippen LogP) is 3.09. The number of carbonyl (C=O) groups is 1. The molecule has 0 radical (unpaired) electrons. The molecular weight excluding hydrogens is 338 g/mol. The van der Waals surface area contributed by atoms with Crippen LogP contribution in [0.15, 0.2) is 12.4 Å². The van der Waals surface area contributed by atoms with Gasteiger partial charge in [0.1, 0.15) is 18.0 Å². The van der Waals surface area contributed by atoms with E-state index >= 15 is 0 Å². The zero-order chi connectivity index (χ0) is 19.4. The van der Waals surface area contributed by atoms with Gasteiger partial charge in [0.15, 0.2) is 0 Å². The highest BCUT2D eigenvalue weighted by Crippen LogP contribution is 2.26. The molecule has 150 valence electrons. The van der Waals surface area contributed by atoms with E-state index in [2.05, 4.69) is 38.1 Å². The molecule has 2 atom stereocenters. The molecule has 1 amide bonds. The monoisotopic (exact) mass is 373 g/mol. The van der Waals surface area contributed by atoms with Gasteiger partial charge in [-0.15, -0.1) is 0 Å². The van der Waals surface area contributed by atoms with E-state index < -0.39 is 0 Å². The highest BCUT2D eigenvalue weighted by atomic mass is 16.2. The number of amides is 1. The van der Waals surface area contributed by atoms with Gasteiger partial charge >= 0.3 is 0 Å². The average Bonchev–Trinajstić information content (AvgIpc) is 2.65. The SMILES string of the molecule is CC1CCCN(c2cc(N3CCCC(CNC(=O)C(C)(C)C)C3)ncn2)C1. The molecule has 0 bridgehead atoms. The summed E-state index contributed by atoms with van der Waals surface area (Å²) in [6.07, 6.45) is 6.54. The van der Waals surface area contributed by atoms with Gasteiger partial charge in [-0.1, -0.05) is 27.7 Å². The van der Waals surface area contributed by atoms with Gasteiger partial charge in [-0.2, -0.15) is 0 Å². The lowest BCUT2D eigenvalue weighted by Crippen LogP contribution is -2.43. The van der Waals surface area contributed by atoms with Gasteiger partial charge in [0.05, 0.1) is 0 Å². The van der Waals surface area contributed by atoms with Crippen LogP contribution in [0.2, 0.25) is 0 Å². The zero-order valence-corrected chi connectivity index (χ0v) is 17.4. The van der Waals surface area contributed by atoms with Crippen LogP contribution in [0.25, 0.3) is 0 Å². The summed E-state index contributed by atoms with van der Waals surface area (Å²) in [5, 5.41) is 3.13. The van der Waals surface area contributed by atoms with Crippen molar-refractivity contribution in [3.05, 3.63) is 12.4 Å². The van der Waals surface area contributed by atoms with Crippen LogP contribution in [-0.4, -0.2) is 48.6 Å². The Morgan fingerprint density at radius 2 is 1.74 bits per heavy atom. The fourth-order valence-electron chi connectivity index (χ4n) is 4.02. The fraction of sp³-hybridized carbons (Fsp3) is 0.762. The molecule has 6 nitrogen and oxygen atoms in total. The molecule has 0 aromatic carbocycles. The van der Waals surface area contributed by atoms with Gasteiger partial charge in [0, 0.05) is 44.2 Å². The first-order valence-corrected chi connectivity index (χ1v) is 10.4. The Balaban J connectivity index is 1.61. The average molecular weight is 374 g/mol. The number of nitrogens with one attached hydrogen (secondary N) is 1. The molecule has 2 aliphatic heterocycles. The maximum Gasteiger partial charge on any atom is 0.225 e. The first-order valence-electron chi connectivity index (χ1n) is 10.4. The Morgan fingerprint density at radius 1 is 1.11 bits per heavy atom. The van der Waals surface area contributed by atoms with Crippen LogP contribution in [0.3, 0.4) is 0 Å². The minimum Gasteiger partial charge on any atom is -0.356 e. The van der Waals surface area contributed by atoms with Crippen LogP contribution in [0, 0.1) is 17.3 Å². The lowest BCUT2D eigenvalue weighted by atomic mass is 9.94. The summed E-state index contributed by atoms with van der Waals surface area (Å²) in [4.78, 5) is 26.0. The van der Waals surface area contributed by atoms with Gasteiger partial charge in [0.2, 0.25) is 5.91 Å². The summed E-state index contributed by atoms with van der Waals surface area (Å²) >= 11 is 0.